The van der Waals surface area contributed by atoms with Gasteiger partial charge in [0, 0.05) is 11.5 Å². The van der Waals surface area contributed by atoms with Crippen LogP contribution < -0.4 is 4.72 Å². The van der Waals surface area contributed by atoms with Crippen LogP contribution >= 0.6 is 12.8 Å². The molecule has 3 atom stereocenters. The van der Waals surface area contributed by atoms with E-state index in [2.05, 4.69) is 17.5 Å². The molecule has 28 heavy (non-hydrogen) atoms. The van der Waals surface area contributed by atoms with Gasteiger partial charge in [0.2, 0.25) is 5.91 Å². The zero-order valence-corrected chi connectivity index (χ0v) is 16.6. The van der Waals surface area contributed by atoms with Gasteiger partial charge in [-0.2, -0.15) is 0 Å². The molecule has 0 spiro atoms. The van der Waals surface area contributed by atoms with Crippen LogP contribution in [-0.2, 0) is 11.2 Å². The van der Waals surface area contributed by atoms with Gasteiger partial charge in [0.15, 0.2) is 0 Å². The number of nitrogens with zero attached hydrogens (tertiary/aromatic N) is 1. The van der Waals surface area contributed by atoms with E-state index in [0.29, 0.717) is 11.1 Å². The average Bonchev–Trinajstić information content (AvgIpc) is 2.97. The van der Waals surface area contributed by atoms with Crippen LogP contribution in [0, 0.1) is 17.6 Å². The van der Waals surface area contributed by atoms with Crippen LogP contribution in [0.3, 0.4) is 0 Å². The second-order valence-corrected chi connectivity index (χ2v) is 7.63. The normalized spacial score (nSPS) is 22.1. The maximum absolute atomic E-state index is 15.2. The van der Waals surface area contributed by atoms with Gasteiger partial charge in [-0.15, -0.1) is 0 Å². The zero-order chi connectivity index (χ0) is 20.4. The predicted molar refractivity (Wildman–Crippen MR) is 107 cm³/mol. The fraction of sp³-hybridized carbons (Fsp3) is 0.381. The van der Waals surface area contributed by atoms with Crippen molar-refractivity contribution in [2.75, 3.05) is 6.54 Å². The highest BCUT2D eigenvalue weighted by Crippen LogP contribution is 2.30. The van der Waals surface area contributed by atoms with Gasteiger partial charge in [-0.1, -0.05) is 57.0 Å². The lowest BCUT2D eigenvalue weighted by Gasteiger charge is -2.29. The van der Waals surface area contributed by atoms with Gasteiger partial charge in [-0.05, 0) is 29.7 Å². The lowest BCUT2D eigenvalue weighted by atomic mass is 9.95. The van der Waals surface area contributed by atoms with Crippen LogP contribution in [0.1, 0.15) is 19.4 Å². The maximum Gasteiger partial charge on any atom is 0.225 e. The summed E-state index contributed by atoms with van der Waals surface area (Å²) in [6.45, 7) is 3.45. The molecule has 1 aliphatic heterocycles. The monoisotopic (exact) mass is 408 g/mol. The number of alkyl halides is 1. The molecule has 1 heterocycles. The van der Waals surface area contributed by atoms with Crippen LogP contribution in [0.25, 0.3) is 11.1 Å². The minimum absolute atomic E-state index is 0.0505. The molecule has 7 heteroatoms. The molecule has 1 fully saturated rings. The number of nitrogens with one attached hydrogen (secondary N) is 1. The van der Waals surface area contributed by atoms with Gasteiger partial charge >= 0.3 is 0 Å². The molecule has 3 rings (SSSR count). The summed E-state index contributed by atoms with van der Waals surface area (Å²) in [5.41, 5.74) is 1.04. The zero-order valence-electron chi connectivity index (χ0n) is 15.7. The van der Waals surface area contributed by atoms with Gasteiger partial charge in [0.25, 0.3) is 0 Å². The quantitative estimate of drug-likeness (QED) is 0.728. The van der Waals surface area contributed by atoms with Crippen molar-refractivity contribution in [3.05, 3.63) is 59.7 Å². The van der Waals surface area contributed by atoms with Crippen molar-refractivity contribution in [3.8, 4) is 11.1 Å². The van der Waals surface area contributed by atoms with Crippen LogP contribution in [-0.4, -0.2) is 35.6 Å². The van der Waals surface area contributed by atoms with E-state index >= 15 is 4.39 Å². The van der Waals surface area contributed by atoms with Gasteiger partial charge < -0.3 is 4.90 Å². The molecule has 1 amide bonds. The van der Waals surface area contributed by atoms with Crippen molar-refractivity contribution >= 4 is 18.7 Å². The van der Waals surface area contributed by atoms with Crippen molar-refractivity contribution < 1.29 is 18.0 Å². The third-order valence-electron chi connectivity index (χ3n) is 5.15. The van der Waals surface area contributed by atoms with E-state index in [1.54, 1.807) is 38.1 Å². The SMILES string of the molecule is CC(C)C(=O)N1CC(F)C(NS)C1Cc1cccc(-c2cccc(F)c2)c1F. The van der Waals surface area contributed by atoms with Crippen molar-refractivity contribution in [1.29, 1.82) is 0 Å². The molecule has 0 radical (unpaired) electrons. The second kappa shape index (κ2) is 8.57. The number of carbonyl (C=O) groups excluding carboxylic acids is 1. The van der Waals surface area contributed by atoms with Crippen LogP contribution in [0.4, 0.5) is 13.2 Å². The summed E-state index contributed by atoms with van der Waals surface area (Å²) < 4.78 is 45.8. The van der Waals surface area contributed by atoms with E-state index < -0.39 is 29.9 Å². The highest BCUT2D eigenvalue weighted by atomic mass is 32.1. The Hall–Kier alpha value is -1.99. The molecule has 3 unspecified atom stereocenters. The van der Waals surface area contributed by atoms with E-state index in [1.165, 1.54) is 23.1 Å². The standard InChI is InChI=1S/C21H23F3N2OS/c1-12(2)21(27)26-11-17(23)20(25-28)18(26)10-14-6-4-8-16(19(14)24)13-5-3-7-15(22)9-13/h3-9,12,17-18,20,25,28H,10-11H2,1-2H3. The molecule has 1 aliphatic rings. The molecule has 0 aromatic heterocycles. The Kier molecular flexibility index (Phi) is 6.35. The largest absolute Gasteiger partial charge is 0.334 e. The number of likely N-dealkylation sites (tertiary alicyclic amines) is 1. The number of amides is 1. The minimum Gasteiger partial charge on any atom is -0.334 e. The Balaban J connectivity index is 1.95. The number of hydrogen-bond acceptors (Lipinski definition) is 3. The molecule has 2 aromatic rings. The molecule has 0 saturated carbocycles. The minimum atomic E-state index is -1.29. The summed E-state index contributed by atoms with van der Waals surface area (Å²) in [6.07, 6.45) is -1.16. The third kappa shape index (κ3) is 4.05. The summed E-state index contributed by atoms with van der Waals surface area (Å²) in [7, 11) is 0. The van der Waals surface area contributed by atoms with Crippen LogP contribution in [0.5, 0.6) is 0 Å². The van der Waals surface area contributed by atoms with Gasteiger partial charge in [-0.25, -0.2) is 13.2 Å². The Morgan fingerprint density at radius 3 is 2.61 bits per heavy atom. The number of rotatable bonds is 5. The Morgan fingerprint density at radius 1 is 1.25 bits per heavy atom. The lowest BCUT2D eigenvalue weighted by Crippen LogP contribution is -2.46. The molecule has 1 N–H and O–H groups in total. The number of hydrogen-bond donors (Lipinski definition) is 2. The molecule has 150 valence electrons. The molecule has 0 bridgehead atoms. The van der Waals surface area contributed by atoms with Gasteiger partial charge in [0.1, 0.15) is 17.8 Å². The predicted octanol–water partition coefficient (Wildman–Crippen LogP) is 4.18. The lowest BCUT2D eigenvalue weighted by molar-refractivity contribution is -0.135. The van der Waals surface area contributed by atoms with Crippen molar-refractivity contribution in [2.24, 2.45) is 5.92 Å². The summed E-state index contributed by atoms with van der Waals surface area (Å²) in [6, 6.07) is 9.30. The van der Waals surface area contributed by atoms with Crippen LogP contribution in [0.15, 0.2) is 42.5 Å². The Labute approximate surface area is 168 Å². The molecule has 2 aromatic carbocycles. The summed E-state index contributed by atoms with van der Waals surface area (Å²) in [5.74, 6) is -1.42. The summed E-state index contributed by atoms with van der Waals surface area (Å²) >= 11 is 4.01. The van der Waals surface area contributed by atoms with Gasteiger partial charge in [0.05, 0.1) is 18.6 Å². The topological polar surface area (TPSA) is 32.3 Å². The molecule has 0 aliphatic carbocycles. The first-order valence-electron chi connectivity index (χ1n) is 9.21. The fourth-order valence-corrected chi connectivity index (χ4v) is 4.04. The van der Waals surface area contributed by atoms with E-state index in [1.807, 2.05) is 0 Å². The first-order valence-corrected chi connectivity index (χ1v) is 9.65. The summed E-state index contributed by atoms with van der Waals surface area (Å²) in [5, 5.41) is 0. The molecule has 3 nitrogen and oxygen atoms in total. The van der Waals surface area contributed by atoms with Crippen molar-refractivity contribution in [2.45, 2.75) is 38.5 Å². The van der Waals surface area contributed by atoms with Gasteiger partial charge in [-0.3, -0.25) is 9.52 Å². The van der Waals surface area contributed by atoms with Crippen molar-refractivity contribution in [1.82, 2.24) is 9.62 Å². The molecule has 1 saturated heterocycles. The van der Waals surface area contributed by atoms with E-state index in [0.717, 1.165) is 0 Å². The first kappa shape index (κ1) is 20.7. The Bertz CT molecular complexity index is 861. The Morgan fingerprint density at radius 2 is 1.96 bits per heavy atom. The first-order chi connectivity index (χ1) is 13.3. The molecular formula is C21H23F3N2OS. The highest BCUT2D eigenvalue weighted by molar-refractivity contribution is 7.78. The fourth-order valence-electron chi connectivity index (χ4n) is 3.70. The van der Waals surface area contributed by atoms with Crippen molar-refractivity contribution in [3.63, 3.8) is 0 Å². The van der Waals surface area contributed by atoms with E-state index in [-0.39, 0.29) is 30.4 Å². The number of carbonyl (C=O) groups is 1. The number of halogens is 3. The van der Waals surface area contributed by atoms with Crippen LogP contribution in [0.2, 0.25) is 0 Å². The summed E-state index contributed by atoms with van der Waals surface area (Å²) in [4.78, 5) is 14.0. The molecular weight excluding hydrogens is 385 g/mol. The average molecular weight is 408 g/mol. The number of thiol groups is 1. The van der Waals surface area contributed by atoms with E-state index in [9.17, 15) is 13.6 Å². The second-order valence-electron chi connectivity index (χ2n) is 7.38. The smallest absolute Gasteiger partial charge is 0.225 e. The van der Waals surface area contributed by atoms with E-state index in [4.69, 9.17) is 0 Å². The maximum atomic E-state index is 15.2. The third-order valence-corrected chi connectivity index (χ3v) is 5.44. The number of benzene rings is 2. The highest BCUT2D eigenvalue weighted by Gasteiger charge is 2.44.